The minimum atomic E-state index is -3.56. The predicted octanol–water partition coefficient (Wildman–Crippen LogP) is 2.78. The van der Waals surface area contributed by atoms with Crippen LogP contribution in [0.25, 0.3) is 0 Å². The van der Waals surface area contributed by atoms with Crippen LogP contribution in [0.2, 0.25) is 0 Å². The number of sulfonamides is 1. The molecule has 1 aliphatic carbocycles. The van der Waals surface area contributed by atoms with E-state index in [9.17, 15) is 18.0 Å². The molecule has 1 saturated carbocycles. The standard InChI is InChI=1S/C19H28N2O5S/c1-14(2)19(23)26-13-18(22)20-15-9-11-17(12-10-15)27(24,25)21(3)16-7-5-4-6-8-16/h9-12,14,16H,4-8,13H2,1-3H3,(H,20,22). The number of amides is 1. The summed E-state index contributed by atoms with van der Waals surface area (Å²) >= 11 is 0. The highest BCUT2D eigenvalue weighted by molar-refractivity contribution is 7.89. The van der Waals surface area contributed by atoms with Gasteiger partial charge in [0.25, 0.3) is 5.91 Å². The quantitative estimate of drug-likeness (QED) is 0.716. The molecule has 2 rings (SSSR count). The van der Waals surface area contributed by atoms with Crippen molar-refractivity contribution < 1.29 is 22.7 Å². The lowest BCUT2D eigenvalue weighted by atomic mass is 9.96. The highest BCUT2D eigenvalue weighted by atomic mass is 32.2. The maximum Gasteiger partial charge on any atom is 0.308 e. The monoisotopic (exact) mass is 396 g/mol. The zero-order valence-corrected chi connectivity index (χ0v) is 16.9. The van der Waals surface area contributed by atoms with E-state index >= 15 is 0 Å². The topological polar surface area (TPSA) is 92.8 Å². The zero-order chi connectivity index (χ0) is 20.0. The number of esters is 1. The molecular formula is C19H28N2O5S. The molecule has 1 N–H and O–H groups in total. The molecule has 1 aromatic rings. The second-order valence-corrected chi connectivity index (χ2v) is 9.15. The van der Waals surface area contributed by atoms with Gasteiger partial charge in [-0.25, -0.2) is 8.42 Å². The van der Waals surface area contributed by atoms with E-state index in [-0.39, 0.29) is 23.5 Å². The van der Waals surface area contributed by atoms with Crippen LogP contribution in [0.4, 0.5) is 5.69 Å². The summed E-state index contributed by atoms with van der Waals surface area (Å²) in [7, 11) is -1.93. The van der Waals surface area contributed by atoms with Gasteiger partial charge in [-0.15, -0.1) is 0 Å². The van der Waals surface area contributed by atoms with Crippen molar-refractivity contribution in [2.75, 3.05) is 19.0 Å². The normalized spacial score (nSPS) is 15.7. The number of rotatable bonds is 7. The summed E-state index contributed by atoms with van der Waals surface area (Å²) in [5.41, 5.74) is 0.444. The Hall–Kier alpha value is -1.93. The van der Waals surface area contributed by atoms with Gasteiger partial charge in [0, 0.05) is 18.8 Å². The molecule has 150 valence electrons. The van der Waals surface area contributed by atoms with Gasteiger partial charge in [-0.1, -0.05) is 33.1 Å². The Morgan fingerprint density at radius 1 is 1.15 bits per heavy atom. The first-order valence-corrected chi connectivity index (χ1v) is 10.7. The average molecular weight is 397 g/mol. The lowest BCUT2D eigenvalue weighted by molar-refractivity contribution is -0.150. The Kier molecular flexibility index (Phi) is 7.38. The van der Waals surface area contributed by atoms with Crippen molar-refractivity contribution in [1.82, 2.24) is 4.31 Å². The lowest BCUT2D eigenvalue weighted by Gasteiger charge is -2.30. The highest BCUT2D eigenvalue weighted by Crippen LogP contribution is 2.26. The number of nitrogens with zero attached hydrogens (tertiary/aromatic N) is 1. The van der Waals surface area contributed by atoms with Gasteiger partial charge in [0.15, 0.2) is 6.61 Å². The average Bonchev–Trinajstić information content (AvgIpc) is 2.66. The fraction of sp³-hybridized carbons (Fsp3) is 0.579. The van der Waals surface area contributed by atoms with Crippen LogP contribution in [0.15, 0.2) is 29.2 Å². The number of ether oxygens (including phenoxy) is 1. The van der Waals surface area contributed by atoms with Gasteiger partial charge in [0.2, 0.25) is 10.0 Å². The van der Waals surface area contributed by atoms with E-state index in [4.69, 9.17) is 4.74 Å². The molecule has 0 aromatic heterocycles. The van der Waals surface area contributed by atoms with Gasteiger partial charge >= 0.3 is 5.97 Å². The third-order valence-corrected chi connectivity index (χ3v) is 6.65. The van der Waals surface area contributed by atoms with E-state index in [0.29, 0.717) is 5.69 Å². The van der Waals surface area contributed by atoms with E-state index in [1.807, 2.05) is 0 Å². The maximum atomic E-state index is 12.8. The number of anilines is 1. The summed E-state index contributed by atoms with van der Waals surface area (Å²) < 4.78 is 31.9. The van der Waals surface area contributed by atoms with Crippen molar-refractivity contribution in [3.05, 3.63) is 24.3 Å². The summed E-state index contributed by atoms with van der Waals surface area (Å²) in [6.07, 6.45) is 5.04. The summed E-state index contributed by atoms with van der Waals surface area (Å²) in [5, 5.41) is 2.58. The number of carbonyl (C=O) groups is 2. The SMILES string of the molecule is CC(C)C(=O)OCC(=O)Nc1ccc(S(=O)(=O)N(C)C2CCCCC2)cc1. The second-order valence-electron chi connectivity index (χ2n) is 7.15. The van der Waals surface area contributed by atoms with Gasteiger partial charge in [-0.3, -0.25) is 9.59 Å². The summed E-state index contributed by atoms with van der Waals surface area (Å²) in [6, 6.07) is 6.06. The Bertz CT molecular complexity index is 753. The second kappa shape index (κ2) is 9.32. The van der Waals surface area contributed by atoms with Crippen molar-refractivity contribution in [1.29, 1.82) is 0 Å². The number of nitrogens with one attached hydrogen (secondary N) is 1. The molecule has 1 fully saturated rings. The van der Waals surface area contributed by atoms with E-state index in [1.54, 1.807) is 20.9 Å². The third kappa shape index (κ3) is 5.77. The largest absolute Gasteiger partial charge is 0.455 e. The van der Waals surface area contributed by atoms with Crippen LogP contribution in [0.1, 0.15) is 46.0 Å². The third-order valence-electron chi connectivity index (χ3n) is 4.72. The number of hydrogen-bond donors (Lipinski definition) is 1. The first-order valence-electron chi connectivity index (χ1n) is 9.26. The Balaban J connectivity index is 1.97. The van der Waals surface area contributed by atoms with Crippen molar-refractivity contribution >= 4 is 27.6 Å². The van der Waals surface area contributed by atoms with Crippen LogP contribution < -0.4 is 5.32 Å². The van der Waals surface area contributed by atoms with E-state index in [1.165, 1.54) is 28.6 Å². The Morgan fingerprint density at radius 3 is 2.30 bits per heavy atom. The van der Waals surface area contributed by atoms with Crippen LogP contribution in [0.5, 0.6) is 0 Å². The Labute approximate surface area is 161 Å². The van der Waals surface area contributed by atoms with E-state index in [0.717, 1.165) is 32.1 Å². The molecule has 1 aliphatic rings. The van der Waals surface area contributed by atoms with E-state index in [2.05, 4.69) is 5.32 Å². The van der Waals surface area contributed by atoms with Crippen LogP contribution in [0, 0.1) is 5.92 Å². The van der Waals surface area contributed by atoms with Gasteiger partial charge in [-0.2, -0.15) is 4.31 Å². The maximum absolute atomic E-state index is 12.8. The highest BCUT2D eigenvalue weighted by Gasteiger charge is 2.28. The molecule has 27 heavy (non-hydrogen) atoms. The number of benzene rings is 1. The fourth-order valence-corrected chi connectivity index (χ4v) is 4.43. The van der Waals surface area contributed by atoms with Crippen molar-refractivity contribution in [3.8, 4) is 0 Å². The summed E-state index contributed by atoms with van der Waals surface area (Å²) in [5.74, 6) is -1.22. The molecule has 0 saturated heterocycles. The van der Waals surface area contributed by atoms with Crippen LogP contribution >= 0.6 is 0 Å². The number of hydrogen-bond acceptors (Lipinski definition) is 5. The first kappa shape index (κ1) is 21.4. The van der Waals surface area contributed by atoms with Crippen molar-refractivity contribution in [3.63, 3.8) is 0 Å². The molecule has 7 nitrogen and oxygen atoms in total. The lowest BCUT2D eigenvalue weighted by Crippen LogP contribution is -2.38. The van der Waals surface area contributed by atoms with Crippen molar-refractivity contribution in [2.24, 2.45) is 5.92 Å². The molecule has 8 heteroatoms. The first-order chi connectivity index (χ1) is 12.7. The van der Waals surface area contributed by atoms with Crippen molar-refractivity contribution in [2.45, 2.75) is 56.9 Å². The van der Waals surface area contributed by atoms with Crippen LogP contribution in [-0.2, 0) is 24.3 Å². The molecule has 0 aliphatic heterocycles. The molecule has 0 radical (unpaired) electrons. The van der Waals surface area contributed by atoms with Gasteiger partial charge in [0.05, 0.1) is 10.8 Å². The molecule has 1 aromatic carbocycles. The van der Waals surface area contributed by atoms with Gasteiger partial charge < -0.3 is 10.1 Å². The minimum absolute atomic E-state index is 0.0405. The molecule has 0 unspecified atom stereocenters. The molecule has 0 spiro atoms. The van der Waals surface area contributed by atoms with Crippen LogP contribution in [0.3, 0.4) is 0 Å². The van der Waals surface area contributed by atoms with Crippen LogP contribution in [-0.4, -0.2) is 44.3 Å². The molecule has 0 bridgehead atoms. The predicted molar refractivity (Wildman–Crippen MR) is 103 cm³/mol. The smallest absolute Gasteiger partial charge is 0.308 e. The summed E-state index contributed by atoms with van der Waals surface area (Å²) in [6.45, 7) is 2.99. The van der Waals surface area contributed by atoms with Gasteiger partial charge in [0.1, 0.15) is 0 Å². The molecule has 0 heterocycles. The van der Waals surface area contributed by atoms with Gasteiger partial charge in [-0.05, 0) is 37.1 Å². The van der Waals surface area contributed by atoms with E-state index < -0.39 is 21.9 Å². The molecule has 0 atom stereocenters. The summed E-state index contributed by atoms with van der Waals surface area (Å²) in [4.78, 5) is 23.4. The Morgan fingerprint density at radius 2 is 1.74 bits per heavy atom. The molecular weight excluding hydrogens is 368 g/mol. The number of carbonyl (C=O) groups excluding carboxylic acids is 2. The molecule has 1 amide bonds. The fourth-order valence-electron chi connectivity index (χ4n) is 3.02. The minimum Gasteiger partial charge on any atom is -0.455 e. The zero-order valence-electron chi connectivity index (χ0n) is 16.1.